The van der Waals surface area contributed by atoms with Gasteiger partial charge >= 0.3 is 5.97 Å². The van der Waals surface area contributed by atoms with Gasteiger partial charge in [-0.1, -0.05) is 29.8 Å². The van der Waals surface area contributed by atoms with E-state index in [0.29, 0.717) is 31.3 Å². The average molecular weight is 401 g/mol. The molecule has 7 heteroatoms. The van der Waals surface area contributed by atoms with Crippen molar-refractivity contribution in [2.75, 3.05) is 19.0 Å². The number of hydrogen-bond acceptors (Lipinski definition) is 6. The molecule has 2 aromatic carbocycles. The number of carbonyl (C=O) groups is 2. The second-order valence-corrected chi connectivity index (χ2v) is 7.48. The predicted octanol–water partition coefficient (Wildman–Crippen LogP) is 3.11. The molecular formula is C21H23NO5S. The molecule has 3 rings (SSSR count). The third-order valence-corrected chi connectivity index (χ3v) is 5.10. The third kappa shape index (κ3) is 5.66. The van der Waals surface area contributed by atoms with Crippen molar-refractivity contribution in [2.45, 2.75) is 31.4 Å². The molecule has 1 atom stereocenters. The third-order valence-electron chi connectivity index (χ3n) is 4.14. The molecule has 0 fully saturated rings. The lowest BCUT2D eigenvalue weighted by Gasteiger charge is -2.18. The van der Waals surface area contributed by atoms with E-state index in [4.69, 9.17) is 14.2 Å². The van der Waals surface area contributed by atoms with Crippen LogP contribution in [0.3, 0.4) is 0 Å². The Morgan fingerprint density at radius 2 is 1.82 bits per heavy atom. The number of ether oxygens (including phenoxy) is 3. The number of fused-ring (bicyclic) bond motifs is 1. The van der Waals surface area contributed by atoms with Gasteiger partial charge in [-0.05, 0) is 37.6 Å². The fraction of sp³-hybridized carbons (Fsp3) is 0.333. The quantitative estimate of drug-likeness (QED) is 0.568. The van der Waals surface area contributed by atoms with Crippen molar-refractivity contribution in [3.63, 3.8) is 0 Å². The van der Waals surface area contributed by atoms with Crippen LogP contribution in [0.25, 0.3) is 0 Å². The van der Waals surface area contributed by atoms with E-state index in [-0.39, 0.29) is 11.7 Å². The van der Waals surface area contributed by atoms with Crippen LogP contribution in [0.15, 0.2) is 47.4 Å². The maximum atomic E-state index is 12.1. The maximum Gasteiger partial charge on any atom is 0.317 e. The number of esters is 1. The number of rotatable bonds is 7. The predicted molar refractivity (Wildman–Crippen MR) is 107 cm³/mol. The van der Waals surface area contributed by atoms with E-state index in [1.807, 2.05) is 49.4 Å². The molecule has 1 aliphatic heterocycles. The zero-order chi connectivity index (χ0) is 19.9. The van der Waals surface area contributed by atoms with Crippen LogP contribution in [0.5, 0.6) is 11.5 Å². The monoisotopic (exact) mass is 401 g/mol. The summed E-state index contributed by atoms with van der Waals surface area (Å²) in [5.74, 6) is 0.719. The van der Waals surface area contributed by atoms with Crippen LogP contribution in [0, 0.1) is 6.92 Å². The standard InChI is InChI=1S/C21H23NO5S/c1-14-3-5-16(6-4-14)12-22-21(24)15(2)27-20(23)13-28-17-7-8-18-19(11-17)26-10-9-25-18/h3-8,11,15H,9-10,12-13H2,1-2H3,(H,22,24)/t15-/m1/s1. The Morgan fingerprint density at radius 1 is 1.11 bits per heavy atom. The number of benzene rings is 2. The number of carbonyl (C=O) groups excluding carboxylic acids is 2. The van der Waals surface area contributed by atoms with E-state index in [0.717, 1.165) is 16.0 Å². The van der Waals surface area contributed by atoms with Gasteiger partial charge in [0.2, 0.25) is 0 Å². The lowest BCUT2D eigenvalue weighted by Crippen LogP contribution is -2.35. The van der Waals surface area contributed by atoms with E-state index in [2.05, 4.69) is 5.32 Å². The molecule has 1 heterocycles. The van der Waals surface area contributed by atoms with Gasteiger partial charge < -0.3 is 19.5 Å². The first-order valence-corrected chi connectivity index (χ1v) is 10.0. The van der Waals surface area contributed by atoms with Crippen molar-refractivity contribution >= 4 is 23.6 Å². The van der Waals surface area contributed by atoms with Gasteiger partial charge in [0.05, 0.1) is 5.75 Å². The Hall–Kier alpha value is -2.67. The number of amides is 1. The second-order valence-electron chi connectivity index (χ2n) is 6.43. The molecule has 0 saturated carbocycles. The molecule has 0 aromatic heterocycles. The summed E-state index contributed by atoms with van der Waals surface area (Å²) in [5.41, 5.74) is 2.15. The zero-order valence-electron chi connectivity index (χ0n) is 15.9. The summed E-state index contributed by atoms with van der Waals surface area (Å²) in [7, 11) is 0. The maximum absolute atomic E-state index is 12.1. The molecule has 2 aromatic rings. The highest BCUT2D eigenvalue weighted by Gasteiger charge is 2.18. The van der Waals surface area contributed by atoms with Crippen molar-refractivity contribution in [3.8, 4) is 11.5 Å². The van der Waals surface area contributed by atoms with Crippen molar-refractivity contribution in [3.05, 3.63) is 53.6 Å². The molecule has 28 heavy (non-hydrogen) atoms. The Kier molecular flexibility index (Phi) is 6.81. The van der Waals surface area contributed by atoms with Gasteiger partial charge in [0.25, 0.3) is 5.91 Å². The van der Waals surface area contributed by atoms with Crippen LogP contribution in [-0.4, -0.2) is 36.9 Å². The number of thioether (sulfide) groups is 1. The van der Waals surface area contributed by atoms with Crippen LogP contribution < -0.4 is 14.8 Å². The highest BCUT2D eigenvalue weighted by atomic mass is 32.2. The first-order chi connectivity index (χ1) is 13.5. The van der Waals surface area contributed by atoms with Gasteiger partial charge in [-0.3, -0.25) is 9.59 Å². The van der Waals surface area contributed by atoms with Crippen LogP contribution >= 0.6 is 11.8 Å². The van der Waals surface area contributed by atoms with Crippen LogP contribution in [0.1, 0.15) is 18.1 Å². The summed E-state index contributed by atoms with van der Waals surface area (Å²) in [4.78, 5) is 25.1. The molecule has 1 N–H and O–H groups in total. The van der Waals surface area contributed by atoms with Crippen molar-refractivity contribution < 1.29 is 23.8 Å². The van der Waals surface area contributed by atoms with Gasteiger partial charge in [-0.15, -0.1) is 11.8 Å². The molecule has 1 aliphatic rings. The molecular weight excluding hydrogens is 378 g/mol. The molecule has 1 amide bonds. The van der Waals surface area contributed by atoms with E-state index in [1.54, 1.807) is 6.92 Å². The average Bonchev–Trinajstić information content (AvgIpc) is 2.71. The Labute approximate surface area is 168 Å². The molecule has 0 spiro atoms. The summed E-state index contributed by atoms with van der Waals surface area (Å²) in [6.07, 6.45) is -0.848. The van der Waals surface area contributed by atoms with Crippen LogP contribution in [0.2, 0.25) is 0 Å². The molecule has 0 radical (unpaired) electrons. The van der Waals surface area contributed by atoms with E-state index < -0.39 is 12.1 Å². The highest BCUT2D eigenvalue weighted by Crippen LogP contribution is 2.34. The lowest BCUT2D eigenvalue weighted by molar-refractivity contribution is -0.152. The van der Waals surface area contributed by atoms with Crippen LogP contribution in [-0.2, 0) is 20.9 Å². The fourth-order valence-electron chi connectivity index (χ4n) is 2.58. The number of aryl methyl sites for hydroxylation is 1. The van der Waals surface area contributed by atoms with Crippen molar-refractivity contribution in [2.24, 2.45) is 0 Å². The second kappa shape index (κ2) is 9.50. The van der Waals surface area contributed by atoms with Gasteiger partial charge in [0.15, 0.2) is 17.6 Å². The molecule has 0 saturated heterocycles. The molecule has 6 nitrogen and oxygen atoms in total. The SMILES string of the molecule is Cc1ccc(CNC(=O)[C@@H](C)OC(=O)CSc2ccc3c(c2)OCCO3)cc1. The summed E-state index contributed by atoms with van der Waals surface area (Å²) < 4.78 is 16.2. The largest absolute Gasteiger partial charge is 0.486 e. The van der Waals surface area contributed by atoms with Crippen molar-refractivity contribution in [1.29, 1.82) is 0 Å². The van der Waals surface area contributed by atoms with Crippen LogP contribution in [0.4, 0.5) is 0 Å². The lowest BCUT2D eigenvalue weighted by atomic mass is 10.1. The molecule has 0 aliphatic carbocycles. The summed E-state index contributed by atoms with van der Waals surface area (Å²) in [5, 5.41) is 2.78. The Morgan fingerprint density at radius 3 is 2.57 bits per heavy atom. The van der Waals surface area contributed by atoms with Gasteiger partial charge in [0.1, 0.15) is 13.2 Å². The van der Waals surface area contributed by atoms with Gasteiger partial charge in [-0.2, -0.15) is 0 Å². The fourth-order valence-corrected chi connectivity index (χ4v) is 3.29. The highest BCUT2D eigenvalue weighted by molar-refractivity contribution is 8.00. The van der Waals surface area contributed by atoms with E-state index in [1.165, 1.54) is 11.8 Å². The first kappa shape index (κ1) is 20.1. The molecule has 0 unspecified atom stereocenters. The van der Waals surface area contributed by atoms with E-state index >= 15 is 0 Å². The van der Waals surface area contributed by atoms with Gasteiger partial charge in [0, 0.05) is 11.4 Å². The number of nitrogens with one attached hydrogen (secondary N) is 1. The molecule has 148 valence electrons. The minimum Gasteiger partial charge on any atom is -0.486 e. The summed E-state index contributed by atoms with van der Waals surface area (Å²) in [6, 6.07) is 13.4. The Bertz CT molecular complexity index is 837. The van der Waals surface area contributed by atoms with Crippen molar-refractivity contribution in [1.82, 2.24) is 5.32 Å². The Balaban J connectivity index is 1.42. The summed E-state index contributed by atoms with van der Waals surface area (Å²) >= 11 is 1.32. The smallest absolute Gasteiger partial charge is 0.317 e. The minimum atomic E-state index is -0.848. The topological polar surface area (TPSA) is 73.9 Å². The summed E-state index contributed by atoms with van der Waals surface area (Å²) in [6.45, 7) is 5.02. The zero-order valence-corrected chi connectivity index (χ0v) is 16.7. The molecule has 0 bridgehead atoms. The number of hydrogen-bond donors (Lipinski definition) is 1. The van der Waals surface area contributed by atoms with Gasteiger partial charge in [-0.25, -0.2) is 0 Å². The minimum absolute atomic E-state index is 0.106. The normalized spacial score (nSPS) is 13.5. The first-order valence-electron chi connectivity index (χ1n) is 9.06. The van der Waals surface area contributed by atoms with E-state index in [9.17, 15) is 9.59 Å².